The largest absolute Gasteiger partial charge is 0.481 e. The Balaban J connectivity index is 1.86. The highest BCUT2D eigenvalue weighted by atomic mass is 16.6. The number of ether oxygens (including phenoxy) is 1. The number of hydrogen-bond donors (Lipinski definition) is 2. The average Bonchev–Trinajstić information content (AvgIpc) is 2.66. The van der Waals surface area contributed by atoms with Crippen LogP contribution in [0.15, 0.2) is 48.5 Å². The summed E-state index contributed by atoms with van der Waals surface area (Å²) in [6.45, 7) is 5.73. The van der Waals surface area contributed by atoms with Crippen LogP contribution < -0.4 is 15.6 Å². The number of hydrazine groups is 1. The van der Waals surface area contributed by atoms with Crippen LogP contribution in [-0.2, 0) is 4.79 Å². The Labute approximate surface area is 156 Å². The minimum atomic E-state index is -0.827. The maximum absolute atomic E-state index is 12.1. The standard InChI is InChI=1S/C19H21N3O5/c1-12(2)14-6-10-17(11-7-14)27-13(3)18(23)20-21-19(24)15-4-8-16(9-5-15)22(25)26/h4-13H,1-3H3,(H,20,23)(H,21,24)/t13-/m0/s1. The van der Waals surface area contributed by atoms with Gasteiger partial charge in [-0.25, -0.2) is 0 Å². The normalized spacial score (nSPS) is 11.6. The van der Waals surface area contributed by atoms with Crippen LogP contribution in [0.3, 0.4) is 0 Å². The molecule has 27 heavy (non-hydrogen) atoms. The van der Waals surface area contributed by atoms with Crippen molar-refractivity contribution in [1.29, 1.82) is 0 Å². The van der Waals surface area contributed by atoms with Gasteiger partial charge >= 0.3 is 0 Å². The minimum Gasteiger partial charge on any atom is -0.481 e. The Morgan fingerprint density at radius 3 is 2.07 bits per heavy atom. The first-order valence-electron chi connectivity index (χ1n) is 8.39. The SMILES string of the molecule is CC(C)c1ccc(O[C@@H](C)C(=O)NNC(=O)c2ccc([N+](=O)[O-])cc2)cc1. The van der Waals surface area contributed by atoms with Gasteiger partial charge in [-0.1, -0.05) is 26.0 Å². The highest BCUT2D eigenvalue weighted by Crippen LogP contribution is 2.19. The van der Waals surface area contributed by atoms with Gasteiger partial charge in [0.2, 0.25) is 0 Å². The number of non-ortho nitro benzene ring substituents is 1. The number of nitrogens with one attached hydrogen (secondary N) is 2. The maximum atomic E-state index is 12.1. The molecule has 0 saturated heterocycles. The lowest BCUT2D eigenvalue weighted by Gasteiger charge is -2.16. The molecule has 8 nitrogen and oxygen atoms in total. The summed E-state index contributed by atoms with van der Waals surface area (Å²) in [5, 5.41) is 10.6. The fraction of sp³-hybridized carbons (Fsp3) is 0.263. The van der Waals surface area contributed by atoms with E-state index >= 15 is 0 Å². The summed E-state index contributed by atoms with van der Waals surface area (Å²) in [6.07, 6.45) is -0.827. The molecule has 142 valence electrons. The summed E-state index contributed by atoms with van der Waals surface area (Å²) in [4.78, 5) is 34.1. The van der Waals surface area contributed by atoms with Gasteiger partial charge in [0.1, 0.15) is 5.75 Å². The molecule has 2 N–H and O–H groups in total. The summed E-state index contributed by atoms with van der Waals surface area (Å²) in [5.41, 5.74) is 5.74. The van der Waals surface area contributed by atoms with E-state index in [0.717, 1.165) is 5.56 Å². The van der Waals surface area contributed by atoms with E-state index in [1.807, 2.05) is 12.1 Å². The van der Waals surface area contributed by atoms with E-state index in [0.29, 0.717) is 11.7 Å². The Kier molecular flexibility index (Phi) is 6.48. The van der Waals surface area contributed by atoms with Crippen LogP contribution in [0.1, 0.15) is 42.6 Å². The molecule has 2 rings (SSSR count). The molecule has 0 aliphatic rings. The molecule has 8 heteroatoms. The second kappa shape index (κ2) is 8.79. The molecule has 0 radical (unpaired) electrons. The van der Waals surface area contributed by atoms with Gasteiger partial charge in [-0.05, 0) is 42.7 Å². The predicted octanol–water partition coefficient (Wildman–Crippen LogP) is 2.95. The van der Waals surface area contributed by atoms with Gasteiger partial charge in [-0.15, -0.1) is 0 Å². The second-order valence-corrected chi connectivity index (χ2v) is 6.23. The van der Waals surface area contributed by atoms with Crippen molar-refractivity contribution in [3.8, 4) is 5.75 Å². The summed E-state index contributed by atoms with van der Waals surface area (Å²) >= 11 is 0. The van der Waals surface area contributed by atoms with Crippen molar-refractivity contribution >= 4 is 17.5 Å². The molecule has 0 unspecified atom stereocenters. The van der Waals surface area contributed by atoms with Crippen LogP contribution in [0.5, 0.6) is 5.75 Å². The Morgan fingerprint density at radius 1 is 0.963 bits per heavy atom. The molecule has 0 spiro atoms. The Hall–Kier alpha value is -3.42. The van der Waals surface area contributed by atoms with Crippen molar-refractivity contribution in [3.63, 3.8) is 0 Å². The smallest absolute Gasteiger partial charge is 0.279 e. The van der Waals surface area contributed by atoms with Crippen LogP contribution in [0, 0.1) is 10.1 Å². The number of carbonyl (C=O) groups excluding carboxylic acids is 2. The number of amides is 2. The average molecular weight is 371 g/mol. The van der Waals surface area contributed by atoms with Crippen LogP contribution >= 0.6 is 0 Å². The molecule has 0 fully saturated rings. The molecule has 0 heterocycles. The monoisotopic (exact) mass is 371 g/mol. The fourth-order valence-corrected chi connectivity index (χ4v) is 2.22. The van der Waals surface area contributed by atoms with Gasteiger partial charge in [-0.2, -0.15) is 0 Å². The van der Waals surface area contributed by atoms with Gasteiger partial charge in [0.25, 0.3) is 17.5 Å². The summed E-state index contributed by atoms with van der Waals surface area (Å²) in [7, 11) is 0. The zero-order chi connectivity index (χ0) is 20.0. The van der Waals surface area contributed by atoms with Gasteiger partial charge in [0.15, 0.2) is 6.10 Å². The zero-order valence-corrected chi connectivity index (χ0v) is 15.3. The number of benzene rings is 2. The summed E-state index contributed by atoms with van der Waals surface area (Å²) in [6, 6.07) is 12.5. The number of nitrogens with zero attached hydrogens (tertiary/aromatic N) is 1. The molecule has 0 aromatic heterocycles. The van der Waals surface area contributed by atoms with Crippen molar-refractivity contribution < 1.29 is 19.2 Å². The third-order valence-corrected chi connectivity index (χ3v) is 3.87. The van der Waals surface area contributed by atoms with Crippen molar-refractivity contribution in [2.24, 2.45) is 0 Å². The molecular weight excluding hydrogens is 350 g/mol. The van der Waals surface area contributed by atoms with Crippen LogP contribution in [-0.4, -0.2) is 22.8 Å². The Bertz CT molecular complexity index is 816. The van der Waals surface area contributed by atoms with E-state index < -0.39 is 22.8 Å². The van der Waals surface area contributed by atoms with E-state index in [2.05, 4.69) is 24.7 Å². The third kappa shape index (κ3) is 5.53. The lowest BCUT2D eigenvalue weighted by atomic mass is 10.0. The first-order valence-corrected chi connectivity index (χ1v) is 8.39. The number of hydrogen-bond acceptors (Lipinski definition) is 5. The number of rotatable bonds is 6. The summed E-state index contributed by atoms with van der Waals surface area (Å²) < 4.78 is 5.55. The van der Waals surface area contributed by atoms with Gasteiger partial charge in [-0.3, -0.25) is 30.6 Å². The fourth-order valence-electron chi connectivity index (χ4n) is 2.22. The number of nitro benzene ring substituents is 1. The van der Waals surface area contributed by atoms with Gasteiger partial charge in [0, 0.05) is 17.7 Å². The first kappa shape index (κ1) is 19.9. The van der Waals surface area contributed by atoms with Crippen LogP contribution in [0.2, 0.25) is 0 Å². The molecule has 2 aromatic rings. The van der Waals surface area contributed by atoms with E-state index in [1.54, 1.807) is 19.1 Å². The zero-order valence-electron chi connectivity index (χ0n) is 15.3. The van der Waals surface area contributed by atoms with E-state index in [1.165, 1.54) is 24.3 Å². The summed E-state index contributed by atoms with van der Waals surface area (Å²) in [5.74, 6) is -0.178. The lowest BCUT2D eigenvalue weighted by Crippen LogP contribution is -2.47. The highest BCUT2D eigenvalue weighted by Gasteiger charge is 2.16. The van der Waals surface area contributed by atoms with Crippen molar-refractivity contribution in [1.82, 2.24) is 10.9 Å². The van der Waals surface area contributed by atoms with E-state index in [4.69, 9.17) is 4.74 Å². The molecule has 2 aromatic carbocycles. The number of nitro groups is 1. The van der Waals surface area contributed by atoms with E-state index in [9.17, 15) is 19.7 Å². The number of carbonyl (C=O) groups is 2. The Morgan fingerprint density at radius 2 is 1.56 bits per heavy atom. The molecule has 0 bridgehead atoms. The topological polar surface area (TPSA) is 111 Å². The van der Waals surface area contributed by atoms with Crippen LogP contribution in [0.25, 0.3) is 0 Å². The lowest BCUT2D eigenvalue weighted by molar-refractivity contribution is -0.384. The minimum absolute atomic E-state index is 0.124. The second-order valence-electron chi connectivity index (χ2n) is 6.23. The molecule has 0 saturated carbocycles. The molecule has 0 aliphatic carbocycles. The van der Waals surface area contributed by atoms with Crippen molar-refractivity contribution in [2.45, 2.75) is 32.8 Å². The first-order chi connectivity index (χ1) is 12.8. The van der Waals surface area contributed by atoms with Crippen LogP contribution in [0.4, 0.5) is 5.69 Å². The third-order valence-electron chi connectivity index (χ3n) is 3.87. The predicted molar refractivity (Wildman–Crippen MR) is 99.3 cm³/mol. The van der Waals surface area contributed by atoms with Crippen molar-refractivity contribution in [3.05, 3.63) is 69.8 Å². The van der Waals surface area contributed by atoms with Gasteiger partial charge < -0.3 is 4.74 Å². The molecular formula is C19H21N3O5. The van der Waals surface area contributed by atoms with Crippen molar-refractivity contribution in [2.75, 3.05) is 0 Å². The maximum Gasteiger partial charge on any atom is 0.279 e. The van der Waals surface area contributed by atoms with E-state index in [-0.39, 0.29) is 11.3 Å². The van der Waals surface area contributed by atoms with Gasteiger partial charge in [0.05, 0.1) is 4.92 Å². The molecule has 0 aliphatic heterocycles. The molecule has 1 atom stereocenters. The highest BCUT2D eigenvalue weighted by molar-refractivity contribution is 5.95. The molecule has 2 amide bonds. The quantitative estimate of drug-likeness (QED) is 0.599.